The van der Waals surface area contributed by atoms with E-state index in [0.29, 0.717) is 16.3 Å². The fourth-order valence-electron chi connectivity index (χ4n) is 2.52. The number of fused-ring (bicyclic) bond motifs is 1. The second-order valence-electron chi connectivity index (χ2n) is 5.35. The molecule has 0 aliphatic rings. The summed E-state index contributed by atoms with van der Waals surface area (Å²) in [5.41, 5.74) is 3.61. The molecular weight excluding hydrogens is 341 g/mol. The van der Waals surface area contributed by atoms with Gasteiger partial charge in [0, 0.05) is 23.7 Å². The Balaban J connectivity index is 1.54. The van der Waals surface area contributed by atoms with Crippen LogP contribution in [-0.4, -0.2) is 14.5 Å². The Morgan fingerprint density at radius 3 is 2.71 bits per heavy atom. The number of hydrogen-bond donors (Lipinski definition) is 0. The van der Waals surface area contributed by atoms with E-state index < -0.39 is 0 Å². The highest BCUT2D eigenvalue weighted by atomic mass is 32.2. The van der Waals surface area contributed by atoms with Gasteiger partial charge in [-0.05, 0) is 24.3 Å². The lowest BCUT2D eigenvalue weighted by Gasteiger charge is -2.00. The van der Waals surface area contributed by atoms with Gasteiger partial charge in [0.15, 0.2) is 5.16 Å². The smallest absolute Gasteiger partial charge is 0.169 e. The zero-order chi connectivity index (χ0) is 16.5. The van der Waals surface area contributed by atoms with Gasteiger partial charge in [0.2, 0.25) is 0 Å². The molecule has 0 fully saturated rings. The van der Waals surface area contributed by atoms with Gasteiger partial charge in [0.25, 0.3) is 0 Å². The van der Waals surface area contributed by atoms with Crippen LogP contribution in [0.15, 0.2) is 59.1 Å². The zero-order valence-corrected chi connectivity index (χ0v) is 14.6. The Morgan fingerprint density at radius 2 is 1.88 bits per heavy atom. The molecule has 0 atom stereocenters. The van der Waals surface area contributed by atoms with Crippen molar-refractivity contribution in [3.05, 3.63) is 65.4 Å². The minimum atomic E-state index is -0.235. The van der Waals surface area contributed by atoms with E-state index in [1.54, 1.807) is 23.9 Å². The van der Waals surface area contributed by atoms with Crippen molar-refractivity contribution in [1.82, 2.24) is 14.5 Å². The summed E-state index contributed by atoms with van der Waals surface area (Å²) in [6.45, 7) is 0. The van der Waals surface area contributed by atoms with Crippen LogP contribution in [0.3, 0.4) is 0 Å². The molecule has 0 unspecified atom stereocenters. The van der Waals surface area contributed by atoms with Crippen molar-refractivity contribution in [3.63, 3.8) is 0 Å². The fourth-order valence-corrected chi connectivity index (χ4v) is 4.35. The molecule has 24 heavy (non-hydrogen) atoms. The molecule has 0 saturated heterocycles. The summed E-state index contributed by atoms with van der Waals surface area (Å²) < 4.78 is 15.9. The van der Waals surface area contributed by atoms with Gasteiger partial charge in [-0.15, -0.1) is 11.3 Å². The van der Waals surface area contributed by atoms with Gasteiger partial charge >= 0.3 is 0 Å². The molecular formula is C18H14FN3S2. The van der Waals surface area contributed by atoms with Crippen molar-refractivity contribution in [2.24, 2.45) is 7.05 Å². The highest BCUT2D eigenvalue weighted by Crippen LogP contribution is 2.30. The Labute approximate surface area is 147 Å². The van der Waals surface area contributed by atoms with Crippen LogP contribution >= 0.6 is 23.1 Å². The predicted octanol–water partition coefficient (Wildman–Crippen LogP) is 5.13. The number of imidazole rings is 1. The topological polar surface area (TPSA) is 30.7 Å². The molecule has 2 aromatic carbocycles. The minimum absolute atomic E-state index is 0.235. The molecule has 6 heteroatoms. The van der Waals surface area contributed by atoms with Crippen LogP contribution < -0.4 is 0 Å². The fraction of sp³-hybridized carbons (Fsp3) is 0.111. The first-order valence-corrected chi connectivity index (χ1v) is 9.32. The van der Waals surface area contributed by atoms with Gasteiger partial charge in [-0.25, -0.2) is 14.4 Å². The van der Waals surface area contributed by atoms with Gasteiger partial charge < -0.3 is 4.57 Å². The normalized spacial score (nSPS) is 11.2. The second-order valence-corrected chi connectivity index (χ2v) is 7.16. The molecule has 0 radical (unpaired) electrons. The lowest BCUT2D eigenvalue weighted by atomic mass is 10.2. The summed E-state index contributed by atoms with van der Waals surface area (Å²) in [7, 11) is 2.02. The van der Waals surface area contributed by atoms with Crippen LogP contribution in [0, 0.1) is 5.82 Å². The number of halogens is 1. The van der Waals surface area contributed by atoms with Crippen LogP contribution in [0.5, 0.6) is 0 Å². The van der Waals surface area contributed by atoms with E-state index in [0.717, 1.165) is 21.9 Å². The summed E-state index contributed by atoms with van der Waals surface area (Å²) >= 11 is 3.11. The van der Waals surface area contributed by atoms with Crippen LogP contribution in [0.2, 0.25) is 0 Å². The number of aromatic nitrogens is 3. The second kappa shape index (κ2) is 6.37. The highest BCUT2D eigenvalue weighted by Gasteiger charge is 2.11. The molecule has 2 aromatic heterocycles. The molecule has 0 aliphatic carbocycles. The van der Waals surface area contributed by atoms with E-state index in [9.17, 15) is 4.39 Å². The largest absolute Gasteiger partial charge is 0.322 e. The molecule has 0 saturated carbocycles. The van der Waals surface area contributed by atoms with Crippen LogP contribution in [-0.2, 0) is 12.8 Å². The summed E-state index contributed by atoms with van der Waals surface area (Å²) in [6.07, 6.45) is 0. The standard InChI is InChI=1S/C18H14FN3S2/c1-22-16-9-5-4-8-15(16)21-18(22)24-11-12-10-23-17(20-12)13-6-2-3-7-14(13)19/h2-10H,11H2,1H3. The van der Waals surface area contributed by atoms with E-state index in [-0.39, 0.29) is 5.82 Å². The molecule has 3 nitrogen and oxygen atoms in total. The maximum absolute atomic E-state index is 13.9. The minimum Gasteiger partial charge on any atom is -0.322 e. The molecule has 4 rings (SSSR count). The van der Waals surface area contributed by atoms with E-state index in [1.165, 1.54) is 17.4 Å². The van der Waals surface area contributed by atoms with Crippen molar-refractivity contribution >= 4 is 34.1 Å². The Bertz CT molecular complexity index is 1010. The SMILES string of the molecule is Cn1c(SCc2csc(-c3ccccc3F)n2)nc2ccccc21. The number of benzene rings is 2. The van der Waals surface area contributed by atoms with Crippen molar-refractivity contribution in [1.29, 1.82) is 0 Å². The molecule has 0 N–H and O–H groups in total. The Kier molecular flexibility index (Phi) is 4.08. The van der Waals surface area contributed by atoms with Crippen molar-refractivity contribution in [3.8, 4) is 10.6 Å². The van der Waals surface area contributed by atoms with Gasteiger partial charge in [0.05, 0.1) is 16.7 Å². The number of thioether (sulfide) groups is 1. The van der Waals surface area contributed by atoms with Crippen molar-refractivity contribution in [2.75, 3.05) is 0 Å². The van der Waals surface area contributed by atoms with Gasteiger partial charge in [-0.2, -0.15) is 0 Å². The van der Waals surface area contributed by atoms with Gasteiger partial charge in [0.1, 0.15) is 10.8 Å². The van der Waals surface area contributed by atoms with Crippen LogP contribution in [0.1, 0.15) is 5.69 Å². The zero-order valence-electron chi connectivity index (χ0n) is 12.9. The lowest BCUT2D eigenvalue weighted by Crippen LogP contribution is -1.91. The average Bonchev–Trinajstić information content (AvgIpc) is 3.19. The first-order valence-electron chi connectivity index (χ1n) is 7.46. The van der Waals surface area contributed by atoms with Gasteiger partial charge in [-0.3, -0.25) is 0 Å². The monoisotopic (exact) mass is 355 g/mol. The highest BCUT2D eigenvalue weighted by molar-refractivity contribution is 7.98. The number of nitrogens with zero attached hydrogens (tertiary/aromatic N) is 3. The summed E-state index contributed by atoms with van der Waals surface area (Å²) in [5, 5.41) is 3.66. The molecule has 0 aliphatic heterocycles. The van der Waals surface area contributed by atoms with Gasteiger partial charge in [-0.1, -0.05) is 36.0 Å². The third-order valence-corrected chi connectivity index (χ3v) is 5.74. The maximum Gasteiger partial charge on any atom is 0.169 e. The number of hydrogen-bond acceptors (Lipinski definition) is 4. The number of thiazole rings is 1. The molecule has 0 bridgehead atoms. The molecule has 0 spiro atoms. The number of aryl methyl sites for hydroxylation is 1. The Hall–Kier alpha value is -2.18. The summed E-state index contributed by atoms with van der Waals surface area (Å²) in [6, 6.07) is 14.8. The van der Waals surface area contributed by atoms with Crippen LogP contribution in [0.25, 0.3) is 21.6 Å². The number of rotatable bonds is 4. The third kappa shape index (κ3) is 2.83. The van der Waals surface area contributed by atoms with E-state index in [4.69, 9.17) is 0 Å². The third-order valence-electron chi connectivity index (χ3n) is 3.75. The lowest BCUT2D eigenvalue weighted by molar-refractivity contribution is 0.631. The molecule has 120 valence electrons. The summed E-state index contributed by atoms with van der Waals surface area (Å²) in [4.78, 5) is 9.21. The first-order chi connectivity index (χ1) is 11.7. The van der Waals surface area contributed by atoms with Crippen LogP contribution in [0.4, 0.5) is 4.39 Å². The van der Waals surface area contributed by atoms with Crippen molar-refractivity contribution < 1.29 is 4.39 Å². The van der Waals surface area contributed by atoms with Crippen molar-refractivity contribution in [2.45, 2.75) is 10.9 Å². The molecule has 0 amide bonds. The van der Waals surface area contributed by atoms with E-state index in [1.807, 2.05) is 36.7 Å². The average molecular weight is 355 g/mol. The van der Waals surface area contributed by atoms with E-state index in [2.05, 4.69) is 20.6 Å². The number of para-hydroxylation sites is 2. The molecule has 4 aromatic rings. The first kappa shape index (κ1) is 15.4. The summed E-state index contributed by atoms with van der Waals surface area (Å²) in [5.74, 6) is 0.476. The molecule has 2 heterocycles. The maximum atomic E-state index is 13.9. The van der Waals surface area contributed by atoms with E-state index >= 15 is 0 Å². The Morgan fingerprint density at radius 1 is 1.08 bits per heavy atom. The predicted molar refractivity (Wildman–Crippen MR) is 97.8 cm³/mol. The quantitative estimate of drug-likeness (QED) is 0.476.